The first-order valence-corrected chi connectivity index (χ1v) is 12.1. The molecule has 1 saturated heterocycles. The molecule has 180 valence electrons. The molecule has 1 aliphatic carbocycles. The molecule has 0 saturated carbocycles. The fourth-order valence-electron chi connectivity index (χ4n) is 5.56. The van der Waals surface area contributed by atoms with Crippen molar-refractivity contribution in [2.24, 2.45) is 23.7 Å². The fraction of sp³-hybridized carbons (Fsp3) is 0.577. The predicted octanol–water partition coefficient (Wildman–Crippen LogP) is 2.43. The highest BCUT2D eigenvalue weighted by molar-refractivity contribution is 5.97. The number of aliphatic hydroxyl groups excluding tert-OH is 1. The lowest BCUT2D eigenvalue weighted by Gasteiger charge is -2.34. The summed E-state index contributed by atoms with van der Waals surface area (Å²) in [6.45, 7) is 5.70. The van der Waals surface area contributed by atoms with Crippen LogP contribution >= 0.6 is 0 Å². The Labute approximate surface area is 196 Å². The van der Waals surface area contributed by atoms with E-state index >= 15 is 0 Å². The van der Waals surface area contributed by atoms with E-state index in [2.05, 4.69) is 17.6 Å². The second-order valence-electron chi connectivity index (χ2n) is 9.20. The van der Waals surface area contributed by atoms with Gasteiger partial charge in [-0.3, -0.25) is 14.4 Å². The predicted molar refractivity (Wildman–Crippen MR) is 127 cm³/mol. The molecule has 1 aromatic carbocycles. The van der Waals surface area contributed by atoms with Crippen LogP contribution in [0.3, 0.4) is 0 Å². The van der Waals surface area contributed by atoms with Gasteiger partial charge < -0.3 is 20.6 Å². The van der Waals surface area contributed by atoms with E-state index in [1.165, 1.54) is 4.90 Å². The van der Waals surface area contributed by atoms with Crippen molar-refractivity contribution >= 4 is 17.7 Å². The molecule has 0 spiro atoms. The molecule has 0 aromatic heterocycles. The number of nitrogens with one attached hydrogen (secondary N) is 2. The summed E-state index contributed by atoms with van der Waals surface area (Å²) in [6.07, 6.45) is 6.42. The Balaban J connectivity index is 2.08. The average molecular weight is 456 g/mol. The van der Waals surface area contributed by atoms with Crippen LogP contribution in [-0.4, -0.2) is 53.5 Å². The minimum Gasteiger partial charge on any atom is -0.394 e. The monoisotopic (exact) mass is 455 g/mol. The average Bonchev–Trinajstić information content (AvgIpc) is 3.11. The maximum atomic E-state index is 14.0. The number of likely N-dealkylation sites (tertiary alicyclic amines) is 1. The molecule has 0 bridgehead atoms. The Kier molecular flexibility index (Phi) is 8.30. The minimum absolute atomic E-state index is 0.0338. The topological polar surface area (TPSA) is 98.7 Å². The molecular weight excluding hydrogens is 418 g/mol. The van der Waals surface area contributed by atoms with Crippen LogP contribution in [0.1, 0.15) is 51.6 Å². The molecule has 7 atom stereocenters. The molecule has 1 fully saturated rings. The molecule has 1 heterocycles. The quantitative estimate of drug-likeness (QED) is 0.498. The van der Waals surface area contributed by atoms with Gasteiger partial charge >= 0.3 is 0 Å². The Bertz CT molecular complexity index is 872. The fourth-order valence-corrected chi connectivity index (χ4v) is 5.56. The minimum atomic E-state index is -0.791. The molecule has 7 nitrogen and oxygen atoms in total. The zero-order valence-electron chi connectivity index (χ0n) is 20.0. The van der Waals surface area contributed by atoms with Gasteiger partial charge in [0.1, 0.15) is 6.04 Å². The van der Waals surface area contributed by atoms with Crippen molar-refractivity contribution < 1.29 is 19.5 Å². The van der Waals surface area contributed by atoms with Crippen LogP contribution in [0, 0.1) is 23.7 Å². The van der Waals surface area contributed by atoms with E-state index in [1.807, 2.05) is 56.3 Å². The molecule has 1 unspecified atom stereocenters. The number of hydrogen-bond donors (Lipinski definition) is 3. The molecule has 1 aromatic rings. The second-order valence-corrected chi connectivity index (χ2v) is 9.20. The molecule has 0 radical (unpaired) electrons. The standard InChI is InChI=1S/C26H37N3O4/c1-5-10-16(3)28-25(32)23-19-14-13-17(6-2)21(24(31)27-4)22(19)26(33)29(23)20(15-30)18-11-8-7-9-12-18/h7-9,11-14,16-17,19-23,30H,5-6,10,15H2,1-4H3,(H,27,31)(H,28,32)/t16?,17-,19+,20-,21-,22+,23+/m1/s1. The third kappa shape index (κ3) is 4.83. The molecule has 33 heavy (non-hydrogen) atoms. The molecule has 3 amide bonds. The number of fused-ring (bicyclic) bond motifs is 1. The van der Waals surface area contributed by atoms with E-state index in [0.29, 0.717) is 0 Å². The third-order valence-electron chi connectivity index (χ3n) is 7.14. The molecule has 3 N–H and O–H groups in total. The Morgan fingerprint density at radius 3 is 2.39 bits per heavy atom. The van der Waals surface area contributed by atoms with Gasteiger partial charge in [-0.2, -0.15) is 0 Å². The number of rotatable bonds is 9. The van der Waals surface area contributed by atoms with Gasteiger partial charge in [-0.25, -0.2) is 0 Å². The molecule has 1 aliphatic heterocycles. The number of hydrogen-bond acceptors (Lipinski definition) is 4. The summed E-state index contributed by atoms with van der Waals surface area (Å²) < 4.78 is 0. The Hall–Kier alpha value is -2.67. The highest BCUT2D eigenvalue weighted by Gasteiger charge is 2.58. The van der Waals surface area contributed by atoms with Crippen molar-refractivity contribution in [1.82, 2.24) is 15.5 Å². The third-order valence-corrected chi connectivity index (χ3v) is 7.14. The van der Waals surface area contributed by atoms with Crippen LogP contribution in [0.2, 0.25) is 0 Å². The second kappa shape index (κ2) is 11.0. The normalized spacial score (nSPS) is 28.2. The van der Waals surface area contributed by atoms with Gasteiger partial charge in [0.15, 0.2) is 0 Å². The number of carbonyl (C=O) groups is 3. The van der Waals surface area contributed by atoms with Crippen molar-refractivity contribution in [3.8, 4) is 0 Å². The summed E-state index contributed by atoms with van der Waals surface area (Å²) in [5, 5.41) is 16.1. The van der Waals surface area contributed by atoms with E-state index in [4.69, 9.17) is 0 Å². The largest absolute Gasteiger partial charge is 0.394 e. The van der Waals surface area contributed by atoms with Gasteiger partial charge in [0.05, 0.1) is 24.5 Å². The van der Waals surface area contributed by atoms with Gasteiger partial charge in [-0.05, 0) is 31.2 Å². The number of benzene rings is 1. The first kappa shape index (κ1) is 25.0. The number of allylic oxidation sites excluding steroid dienone is 1. The lowest BCUT2D eigenvalue weighted by atomic mass is 9.69. The smallest absolute Gasteiger partial charge is 0.243 e. The van der Waals surface area contributed by atoms with Crippen molar-refractivity contribution in [3.05, 3.63) is 48.0 Å². The van der Waals surface area contributed by atoms with Crippen molar-refractivity contribution in [2.75, 3.05) is 13.7 Å². The maximum Gasteiger partial charge on any atom is 0.243 e. The zero-order valence-corrected chi connectivity index (χ0v) is 20.0. The summed E-state index contributed by atoms with van der Waals surface area (Å²) in [7, 11) is 1.58. The summed E-state index contributed by atoms with van der Waals surface area (Å²) in [4.78, 5) is 42.0. The summed E-state index contributed by atoms with van der Waals surface area (Å²) in [5.74, 6) is -2.38. The molecular formula is C26H37N3O4. The number of amides is 3. The summed E-state index contributed by atoms with van der Waals surface area (Å²) in [6, 6.07) is 7.79. The number of nitrogens with zero attached hydrogens (tertiary/aromatic N) is 1. The summed E-state index contributed by atoms with van der Waals surface area (Å²) in [5.41, 5.74) is 0.763. The van der Waals surface area contributed by atoms with Crippen LogP contribution in [0.5, 0.6) is 0 Å². The van der Waals surface area contributed by atoms with Crippen molar-refractivity contribution in [3.63, 3.8) is 0 Å². The Morgan fingerprint density at radius 1 is 1.12 bits per heavy atom. The molecule has 7 heteroatoms. The van der Waals surface area contributed by atoms with Crippen LogP contribution in [0.15, 0.2) is 42.5 Å². The van der Waals surface area contributed by atoms with Crippen LogP contribution in [0.4, 0.5) is 0 Å². The van der Waals surface area contributed by atoms with Gasteiger partial charge in [-0.1, -0.05) is 62.8 Å². The van der Waals surface area contributed by atoms with E-state index in [9.17, 15) is 19.5 Å². The summed E-state index contributed by atoms with van der Waals surface area (Å²) >= 11 is 0. The zero-order chi connectivity index (χ0) is 24.1. The SMILES string of the molecule is CCCC(C)NC(=O)[C@@H]1[C@H]2C=C[C@@H](CC)[C@@H](C(=O)NC)[C@H]2C(=O)N1[C@H](CO)c1ccccc1. The number of aliphatic hydroxyl groups is 1. The first-order chi connectivity index (χ1) is 15.9. The van der Waals surface area contributed by atoms with Gasteiger partial charge in [-0.15, -0.1) is 0 Å². The molecule has 3 rings (SSSR count). The Morgan fingerprint density at radius 2 is 1.82 bits per heavy atom. The lowest BCUT2D eigenvalue weighted by Crippen LogP contribution is -2.51. The van der Waals surface area contributed by atoms with Crippen LogP contribution in [0.25, 0.3) is 0 Å². The highest BCUT2D eigenvalue weighted by Crippen LogP contribution is 2.47. The van der Waals surface area contributed by atoms with E-state index < -0.39 is 29.8 Å². The van der Waals surface area contributed by atoms with Gasteiger partial charge in [0.25, 0.3) is 0 Å². The van der Waals surface area contributed by atoms with Crippen LogP contribution in [-0.2, 0) is 14.4 Å². The van der Waals surface area contributed by atoms with Crippen molar-refractivity contribution in [2.45, 2.75) is 58.2 Å². The van der Waals surface area contributed by atoms with Gasteiger partial charge in [0.2, 0.25) is 17.7 Å². The van der Waals surface area contributed by atoms with Crippen LogP contribution < -0.4 is 10.6 Å². The number of carbonyl (C=O) groups excluding carboxylic acids is 3. The van der Waals surface area contributed by atoms with Crippen molar-refractivity contribution in [1.29, 1.82) is 0 Å². The van der Waals surface area contributed by atoms with Gasteiger partial charge in [0, 0.05) is 19.0 Å². The lowest BCUT2D eigenvalue weighted by molar-refractivity contribution is -0.143. The molecule has 2 aliphatic rings. The maximum absolute atomic E-state index is 14.0. The first-order valence-electron chi connectivity index (χ1n) is 12.1. The van der Waals surface area contributed by atoms with E-state index in [1.54, 1.807) is 7.05 Å². The highest BCUT2D eigenvalue weighted by atomic mass is 16.3. The van der Waals surface area contributed by atoms with E-state index in [-0.39, 0.29) is 36.3 Å². The van der Waals surface area contributed by atoms with E-state index in [0.717, 1.165) is 24.8 Å².